The third-order valence-electron chi connectivity index (χ3n) is 3.81. The Morgan fingerprint density at radius 3 is 2.65 bits per heavy atom. The lowest BCUT2D eigenvalue weighted by atomic mass is 10.0. The number of nitrogens with zero attached hydrogens (tertiary/aromatic N) is 2. The Balaban J connectivity index is 2.25. The maximum Gasteiger partial charge on any atom is 0.222 e. The van der Waals surface area contributed by atoms with Crippen LogP contribution in [0.2, 0.25) is 0 Å². The first-order valence-electron chi connectivity index (χ1n) is 8.20. The number of hydrogen-bond acceptors (Lipinski definition) is 4. The van der Waals surface area contributed by atoms with Crippen molar-refractivity contribution in [3.05, 3.63) is 53.2 Å². The monoisotopic (exact) mass is 310 g/mol. The molecular weight excluding hydrogens is 284 g/mol. The number of aromatic nitrogens is 2. The van der Waals surface area contributed by atoms with Crippen LogP contribution in [0.1, 0.15) is 43.5 Å². The zero-order chi connectivity index (χ0) is 16.7. The van der Waals surface area contributed by atoms with Crippen molar-refractivity contribution in [3.8, 4) is 0 Å². The number of aryl methyl sites for hydroxylation is 1. The zero-order valence-corrected chi connectivity index (χ0v) is 14.3. The van der Waals surface area contributed by atoms with E-state index in [1.54, 1.807) is 0 Å². The first-order valence-corrected chi connectivity index (χ1v) is 8.20. The molecule has 0 fully saturated rings. The van der Waals surface area contributed by atoms with E-state index in [1.165, 1.54) is 11.1 Å². The number of allylic oxidation sites excluding steroid dienone is 2. The normalized spacial score (nSPS) is 11.5. The second kappa shape index (κ2) is 8.32. The number of anilines is 2. The van der Waals surface area contributed by atoms with E-state index in [-0.39, 0.29) is 0 Å². The molecule has 0 aliphatic rings. The fraction of sp³-hybridized carbons (Fsp3) is 0.368. The summed E-state index contributed by atoms with van der Waals surface area (Å²) in [5, 5.41) is 3.40. The summed E-state index contributed by atoms with van der Waals surface area (Å²) in [7, 11) is 0. The van der Waals surface area contributed by atoms with Crippen molar-refractivity contribution in [3.63, 3.8) is 0 Å². The van der Waals surface area contributed by atoms with Gasteiger partial charge in [0.1, 0.15) is 5.82 Å². The number of hydrogen-bond donors (Lipinski definition) is 2. The Hall–Kier alpha value is -2.36. The maximum absolute atomic E-state index is 5.82. The van der Waals surface area contributed by atoms with Crippen molar-refractivity contribution >= 4 is 17.3 Å². The Morgan fingerprint density at radius 2 is 1.96 bits per heavy atom. The minimum Gasteiger partial charge on any atom is -0.369 e. The summed E-state index contributed by atoms with van der Waals surface area (Å²) in [4.78, 5) is 8.72. The molecule has 1 heterocycles. The van der Waals surface area contributed by atoms with Crippen LogP contribution in [0.5, 0.6) is 0 Å². The number of nitrogens with two attached hydrogens (primary N) is 1. The highest BCUT2D eigenvalue weighted by molar-refractivity contribution is 5.75. The van der Waals surface area contributed by atoms with Gasteiger partial charge in [-0.3, -0.25) is 0 Å². The van der Waals surface area contributed by atoms with Crippen LogP contribution < -0.4 is 11.1 Å². The highest BCUT2D eigenvalue weighted by atomic mass is 15.1. The Labute approximate surface area is 138 Å². The maximum atomic E-state index is 5.82. The molecule has 2 aromatic rings. The van der Waals surface area contributed by atoms with Gasteiger partial charge in [0.2, 0.25) is 5.95 Å². The molecule has 0 aliphatic heterocycles. The number of unbranched alkanes of at least 4 members (excludes halogenated alkanes) is 1. The molecule has 0 radical (unpaired) electrons. The van der Waals surface area contributed by atoms with E-state index in [4.69, 9.17) is 5.73 Å². The molecular formula is C19H26N4. The molecule has 1 aromatic carbocycles. The Kier molecular flexibility index (Phi) is 6.15. The fourth-order valence-corrected chi connectivity index (χ4v) is 2.57. The third-order valence-corrected chi connectivity index (χ3v) is 3.81. The van der Waals surface area contributed by atoms with Gasteiger partial charge in [-0.2, -0.15) is 4.98 Å². The third kappa shape index (κ3) is 4.81. The molecule has 122 valence electrons. The van der Waals surface area contributed by atoms with Crippen molar-refractivity contribution in [2.45, 2.75) is 40.0 Å². The molecule has 0 atom stereocenters. The highest BCUT2D eigenvalue weighted by Gasteiger charge is 2.12. The Bertz CT molecular complexity index is 663. The number of nitrogens with one attached hydrogen (secondary N) is 1. The molecule has 1 aromatic heterocycles. The average molecular weight is 310 g/mol. The molecule has 4 nitrogen and oxygen atoms in total. The van der Waals surface area contributed by atoms with Crippen LogP contribution >= 0.6 is 0 Å². The van der Waals surface area contributed by atoms with E-state index in [0.29, 0.717) is 5.95 Å². The van der Waals surface area contributed by atoms with E-state index in [9.17, 15) is 0 Å². The summed E-state index contributed by atoms with van der Waals surface area (Å²) in [6.45, 7) is 7.16. The number of rotatable bonds is 7. The van der Waals surface area contributed by atoms with Crippen molar-refractivity contribution in [2.24, 2.45) is 0 Å². The molecule has 2 rings (SSSR count). The molecule has 0 spiro atoms. The quantitative estimate of drug-likeness (QED) is 0.751. The summed E-state index contributed by atoms with van der Waals surface area (Å²) < 4.78 is 0. The SMILES string of the molecule is CCCCNc1nc(N)nc(C)c1/C(C)=C/Cc1ccccc1. The van der Waals surface area contributed by atoms with Crippen molar-refractivity contribution in [1.82, 2.24) is 9.97 Å². The van der Waals surface area contributed by atoms with Gasteiger partial charge in [-0.05, 0) is 37.8 Å². The summed E-state index contributed by atoms with van der Waals surface area (Å²) in [6, 6.07) is 10.4. The average Bonchev–Trinajstić information content (AvgIpc) is 2.53. The predicted octanol–water partition coefficient (Wildman–Crippen LogP) is 4.23. The molecule has 0 amide bonds. The molecule has 4 heteroatoms. The molecule has 3 N–H and O–H groups in total. The van der Waals surface area contributed by atoms with Crippen LogP contribution in [-0.4, -0.2) is 16.5 Å². The van der Waals surface area contributed by atoms with E-state index in [1.807, 2.05) is 13.0 Å². The minimum atomic E-state index is 0.320. The lowest BCUT2D eigenvalue weighted by Crippen LogP contribution is -2.10. The van der Waals surface area contributed by atoms with Crippen LogP contribution in [0.15, 0.2) is 36.4 Å². The van der Waals surface area contributed by atoms with Gasteiger partial charge >= 0.3 is 0 Å². The number of benzene rings is 1. The van der Waals surface area contributed by atoms with Gasteiger partial charge in [0.15, 0.2) is 0 Å². The summed E-state index contributed by atoms with van der Waals surface area (Å²) in [6.07, 6.45) is 5.37. The zero-order valence-electron chi connectivity index (χ0n) is 14.3. The second-order valence-electron chi connectivity index (χ2n) is 5.75. The van der Waals surface area contributed by atoms with Gasteiger partial charge in [0.25, 0.3) is 0 Å². The van der Waals surface area contributed by atoms with Crippen LogP contribution in [0, 0.1) is 6.92 Å². The van der Waals surface area contributed by atoms with Gasteiger partial charge < -0.3 is 11.1 Å². The molecule has 0 saturated heterocycles. The van der Waals surface area contributed by atoms with Crippen LogP contribution in [0.3, 0.4) is 0 Å². The van der Waals surface area contributed by atoms with Crippen LogP contribution in [0.4, 0.5) is 11.8 Å². The van der Waals surface area contributed by atoms with E-state index in [0.717, 1.165) is 42.9 Å². The van der Waals surface area contributed by atoms with Crippen LogP contribution in [0.25, 0.3) is 5.57 Å². The molecule has 0 bridgehead atoms. The topological polar surface area (TPSA) is 63.8 Å². The van der Waals surface area contributed by atoms with Gasteiger partial charge in [0.05, 0.1) is 5.69 Å². The number of nitrogen functional groups attached to an aromatic ring is 1. The largest absolute Gasteiger partial charge is 0.369 e. The van der Waals surface area contributed by atoms with Gasteiger partial charge in [0, 0.05) is 12.1 Å². The smallest absolute Gasteiger partial charge is 0.222 e. The van der Waals surface area contributed by atoms with Gasteiger partial charge in [-0.15, -0.1) is 0 Å². The highest BCUT2D eigenvalue weighted by Crippen LogP contribution is 2.26. The van der Waals surface area contributed by atoms with E-state index < -0.39 is 0 Å². The molecule has 0 aliphatic carbocycles. The standard InChI is InChI=1S/C19H26N4/c1-4-5-13-21-18-17(15(3)22-19(20)23-18)14(2)11-12-16-9-7-6-8-10-16/h6-11H,4-5,12-13H2,1-3H3,(H3,20,21,22,23)/b14-11+. The van der Waals surface area contributed by atoms with Crippen LogP contribution in [-0.2, 0) is 6.42 Å². The van der Waals surface area contributed by atoms with Crippen molar-refractivity contribution in [1.29, 1.82) is 0 Å². The molecule has 23 heavy (non-hydrogen) atoms. The molecule has 0 saturated carbocycles. The first-order chi connectivity index (χ1) is 11.1. The minimum absolute atomic E-state index is 0.320. The van der Waals surface area contributed by atoms with E-state index in [2.05, 4.69) is 59.5 Å². The first kappa shape index (κ1) is 17.0. The van der Waals surface area contributed by atoms with Gasteiger partial charge in [-0.25, -0.2) is 4.98 Å². The fourth-order valence-electron chi connectivity index (χ4n) is 2.57. The lowest BCUT2D eigenvalue weighted by molar-refractivity contribution is 0.829. The Morgan fingerprint density at radius 1 is 1.22 bits per heavy atom. The lowest BCUT2D eigenvalue weighted by Gasteiger charge is -2.14. The van der Waals surface area contributed by atoms with Gasteiger partial charge in [-0.1, -0.05) is 49.8 Å². The second-order valence-corrected chi connectivity index (χ2v) is 5.75. The van der Waals surface area contributed by atoms with E-state index >= 15 is 0 Å². The van der Waals surface area contributed by atoms with Crippen molar-refractivity contribution in [2.75, 3.05) is 17.6 Å². The summed E-state index contributed by atoms with van der Waals surface area (Å²) >= 11 is 0. The summed E-state index contributed by atoms with van der Waals surface area (Å²) in [5.41, 5.74) is 10.3. The predicted molar refractivity (Wildman–Crippen MR) is 98.4 cm³/mol. The van der Waals surface area contributed by atoms with Crippen molar-refractivity contribution < 1.29 is 0 Å². The summed E-state index contributed by atoms with van der Waals surface area (Å²) in [5.74, 6) is 1.16. The molecule has 0 unspecified atom stereocenters.